The Morgan fingerprint density at radius 1 is 0.976 bits per heavy atom. The third-order valence-corrected chi connectivity index (χ3v) is 7.33. The number of amides is 2. The summed E-state index contributed by atoms with van der Waals surface area (Å²) < 4.78 is 5.57. The number of nitro benzene ring substituents is 1. The van der Waals surface area contributed by atoms with Crippen molar-refractivity contribution in [3.05, 3.63) is 105 Å². The first kappa shape index (κ1) is 30.3. The molecule has 9 nitrogen and oxygen atoms in total. The smallest absolute Gasteiger partial charge is 0.273 e. The summed E-state index contributed by atoms with van der Waals surface area (Å²) in [5.74, 6) is 0.189. The van der Waals surface area contributed by atoms with E-state index in [9.17, 15) is 19.7 Å². The number of benzene rings is 3. The van der Waals surface area contributed by atoms with Crippen molar-refractivity contribution in [2.24, 2.45) is 0 Å². The summed E-state index contributed by atoms with van der Waals surface area (Å²) >= 11 is 0. The van der Waals surface area contributed by atoms with E-state index in [2.05, 4.69) is 11.1 Å². The van der Waals surface area contributed by atoms with E-state index in [1.54, 1.807) is 24.0 Å². The Balaban J connectivity index is 1.57. The number of fused-ring (bicyclic) bond motifs is 1. The third kappa shape index (κ3) is 7.54. The standard InChI is InChI=1S/C33H38N4O5/c1-4-6-18-36(33(39)26-14-11-24(3)31(20-26)37(40)41)23-32(38)35(22-25-12-15-28(16-13-25)42-5-2)19-17-27-21-34-30-10-8-7-9-29(27)30/h7-16,20-21,34H,4-6,17-19,22-23H2,1-3H3. The fraction of sp³-hybridized carbons (Fsp3) is 0.333. The van der Waals surface area contributed by atoms with E-state index in [4.69, 9.17) is 4.74 Å². The second-order valence-electron chi connectivity index (χ2n) is 10.3. The summed E-state index contributed by atoms with van der Waals surface area (Å²) in [6.45, 7) is 7.24. The Morgan fingerprint density at radius 3 is 2.45 bits per heavy atom. The van der Waals surface area contributed by atoms with Gasteiger partial charge in [0.05, 0.1) is 11.5 Å². The van der Waals surface area contributed by atoms with Gasteiger partial charge in [-0.2, -0.15) is 0 Å². The van der Waals surface area contributed by atoms with Crippen LogP contribution < -0.4 is 4.74 Å². The van der Waals surface area contributed by atoms with Crippen molar-refractivity contribution in [3.8, 4) is 5.75 Å². The maximum Gasteiger partial charge on any atom is 0.273 e. The highest BCUT2D eigenvalue weighted by molar-refractivity contribution is 5.97. The molecular weight excluding hydrogens is 532 g/mol. The molecule has 1 aromatic heterocycles. The van der Waals surface area contributed by atoms with Crippen LogP contribution in [0.1, 0.15) is 53.7 Å². The van der Waals surface area contributed by atoms with E-state index in [1.165, 1.54) is 11.0 Å². The maximum atomic E-state index is 13.9. The van der Waals surface area contributed by atoms with Gasteiger partial charge in [-0.25, -0.2) is 0 Å². The quantitative estimate of drug-likeness (QED) is 0.141. The molecule has 0 fully saturated rings. The molecule has 1 N–H and O–H groups in total. The van der Waals surface area contributed by atoms with Crippen LogP contribution in [0.25, 0.3) is 10.9 Å². The zero-order valence-electron chi connectivity index (χ0n) is 24.5. The number of hydrogen-bond acceptors (Lipinski definition) is 5. The van der Waals surface area contributed by atoms with Crippen molar-refractivity contribution in [1.82, 2.24) is 14.8 Å². The number of aryl methyl sites for hydroxylation is 1. The first-order chi connectivity index (χ1) is 20.3. The number of nitrogens with one attached hydrogen (secondary N) is 1. The number of aromatic nitrogens is 1. The van der Waals surface area contributed by atoms with Crippen LogP contribution in [0.5, 0.6) is 5.75 Å². The Hall–Kier alpha value is -4.66. The van der Waals surface area contributed by atoms with Crippen molar-refractivity contribution in [2.45, 2.75) is 46.6 Å². The van der Waals surface area contributed by atoms with Crippen molar-refractivity contribution in [1.29, 1.82) is 0 Å². The first-order valence-electron chi connectivity index (χ1n) is 14.4. The Morgan fingerprint density at radius 2 is 1.74 bits per heavy atom. The van der Waals surface area contributed by atoms with Crippen LogP contribution in [-0.2, 0) is 17.8 Å². The molecule has 0 spiro atoms. The number of nitro groups is 1. The van der Waals surface area contributed by atoms with Gasteiger partial charge in [-0.3, -0.25) is 19.7 Å². The summed E-state index contributed by atoms with van der Waals surface area (Å²) in [5, 5.41) is 12.6. The molecule has 42 heavy (non-hydrogen) atoms. The highest BCUT2D eigenvalue weighted by atomic mass is 16.6. The highest BCUT2D eigenvalue weighted by Gasteiger charge is 2.24. The fourth-order valence-corrected chi connectivity index (χ4v) is 4.95. The number of para-hydroxylation sites is 1. The molecule has 0 saturated heterocycles. The van der Waals surface area contributed by atoms with Crippen LogP contribution >= 0.6 is 0 Å². The number of ether oxygens (including phenoxy) is 1. The second kappa shape index (κ2) is 14.3. The van der Waals surface area contributed by atoms with Crippen molar-refractivity contribution in [3.63, 3.8) is 0 Å². The van der Waals surface area contributed by atoms with Crippen molar-refractivity contribution < 1.29 is 19.2 Å². The molecule has 4 rings (SSSR count). The molecule has 220 valence electrons. The molecule has 0 saturated carbocycles. The summed E-state index contributed by atoms with van der Waals surface area (Å²) in [5.41, 5.74) is 3.67. The lowest BCUT2D eigenvalue weighted by atomic mass is 10.1. The number of rotatable bonds is 14. The predicted octanol–water partition coefficient (Wildman–Crippen LogP) is 6.30. The van der Waals surface area contributed by atoms with E-state index in [0.29, 0.717) is 44.6 Å². The Labute approximate surface area is 246 Å². The predicted molar refractivity (Wildman–Crippen MR) is 164 cm³/mol. The lowest BCUT2D eigenvalue weighted by Crippen LogP contribution is -2.43. The second-order valence-corrected chi connectivity index (χ2v) is 10.3. The number of carbonyl (C=O) groups excluding carboxylic acids is 2. The summed E-state index contributed by atoms with van der Waals surface area (Å²) in [7, 11) is 0. The molecule has 0 atom stereocenters. The van der Waals surface area contributed by atoms with Gasteiger partial charge in [0.1, 0.15) is 12.3 Å². The third-order valence-electron chi connectivity index (χ3n) is 7.33. The Kier molecular flexibility index (Phi) is 10.3. The summed E-state index contributed by atoms with van der Waals surface area (Å²) in [6.07, 6.45) is 4.16. The normalized spacial score (nSPS) is 10.9. The number of H-pyrrole nitrogens is 1. The van der Waals surface area contributed by atoms with E-state index in [-0.39, 0.29) is 23.7 Å². The van der Waals surface area contributed by atoms with Gasteiger partial charge in [-0.05, 0) is 62.1 Å². The lowest BCUT2D eigenvalue weighted by Gasteiger charge is -2.28. The molecule has 0 aliphatic carbocycles. The summed E-state index contributed by atoms with van der Waals surface area (Å²) in [6, 6.07) is 20.2. The zero-order chi connectivity index (χ0) is 30.1. The average molecular weight is 571 g/mol. The molecule has 1 heterocycles. The molecule has 0 radical (unpaired) electrons. The van der Waals surface area contributed by atoms with E-state index < -0.39 is 10.8 Å². The highest BCUT2D eigenvalue weighted by Crippen LogP contribution is 2.22. The van der Waals surface area contributed by atoms with Gasteiger partial charge in [0.15, 0.2) is 0 Å². The van der Waals surface area contributed by atoms with Crippen LogP contribution in [0.3, 0.4) is 0 Å². The number of unbranched alkanes of at least 4 members (excludes halogenated alkanes) is 1. The topological polar surface area (TPSA) is 109 Å². The molecule has 0 aliphatic rings. The molecule has 0 aliphatic heterocycles. The van der Waals surface area contributed by atoms with Gasteiger partial charge in [0.2, 0.25) is 5.91 Å². The van der Waals surface area contributed by atoms with Gasteiger partial charge >= 0.3 is 0 Å². The number of hydrogen-bond donors (Lipinski definition) is 1. The molecule has 0 unspecified atom stereocenters. The van der Waals surface area contributed by atoms with E-state index in [0.717, 1.165) is 34.2 Å². The molecular formula is C33H38N4O5. The molecule has 4 aromatic rings. The average Bonchev–Trinajstić information content (AvgIpc) is 3.41. The SMILES string of the molecule is CCCCN(CC(=O)N(CCc1c[nH]c2ccccc12)Cc1ccc(OCC)cc1)C(=O)c1ccc(C)c([N+](=O)[O-])c1. The number of nitrogens with zero attached hydrogens (tertiary/aromatic N) is 3. The Bertz CT molecular complexity index is 1530. The van der Waals surface area contributed by atoms with Crippen LogP contribution in [0.4, 0.5) is 5.69 Å². The number of carbonyl (C=O) groups is 2. The van der Waals surface area contributed by atoms with Gasteiger partial charge in [-0.15, -0.1) is 0 Å². The van der Waals surface area contributed by atoms with Gasteiger partial charge < -0.3 is 19.5 Å². The van der Waals surface area contributed by atoms with Crippen LogP contribution in [-0.4, -0.2) is 57.8 Å². The monoisotopic (exact) mass is 570 g/mol. The van der Waals surface area contributed by atoms with Crippen LogP contribution in [0, 0.1) is 17.0 Å². The number of aromatic amines is 1. The molecule has 3 aromatic carbocycles. The fourth-order valence-electron chi connectivity index (χ4n) is 4.95. The maximum absolute atomic E-state index is 13.9. The zero-order valence-corrected chi connectivity index (χ0v) is 24.5. The van der Waals surface area contributed by atoms with Gasteiger partial charge in [-0.1, -0.05) is 49.7 Å². The minimum absolute atomic E-state index is 0.113. The van der Waals surface area contributed by atoms with Crippen LogP contribution in [0.15, 0.2) is 72.9 Å². The molecule has 2 amide bonds. The molecule has 9 heteroatoms. The van der Waals surface area contributed by atoms with Crippen molar-refractivity contribution >= 4 is 28.4 Å². The summed E-state index contributed by atoms with van der Waals surface area (Å²) in [4.78, 5) is 45.0. The van der Waals surface area contributed by atoms with Crippen LogP contribution in [0.2, 0.25) is 0 Å². The van der Waals surface area contributed by atoms with Gasteiger partial charge in [0, 0.05) is 53.9 Å². The largest absolute Gasteiger partial charge is 0.494 e. The minimum atomic E-state index is -0.489. The first-order valence-corrected chi connectivity index (χ1v) is 14.4. The van der Waals surface area contributed by atoms with E-state index >= 15 is 0 Å². The van der Waals surface area contributed by atoms with E-state index in [1.807, 2.05) is 62.5 Å². The minimum Gasteiger partial charge on any atom is -0.494 e. The lowest BCUT2D eigenvalue weighted by molar-refractivity contribution is -0.385. The van der Waals surface area contributed by atoms with Gasteiger partial charge in [0.25, 0.3) is 11.6 Å². The molecule has 0 bridgehead atoms. The van der Waals surface area contributed by atoms with Crippen molar-refractivity contribution in [2.75, 3.05) is 26.2 Å².